The number of Topliss-reactive ketones (excluding diaryl/α,β-unsaturated/α-hetero) is 1. The Morgan fingerprint density at radius 2 is 1.70 bits per heavy atom. The Balaban J connectivity index is 1.76. The minimum absolute atomic E-state index is 0.0369. The van der Waals surface area contributed by atoms with Crippen molar-refractivity contribution in [2.24, 2.45) is 0 Å². The van der Waals surface area contributed by atoms with Crippen LogP contribution in [0, 0.1) is 11.3 Å². The van der Waals surface area contributed by atoms with Gasteiger partial charge in [0.25, 0.3) is 10.0 Å². The number of nitriles is 1. The van der Waals surface area contributed by atoms with Gasteiger partial charge in [-0.2, -0.15) is 18.4 Å². The molecule has 0 aromatic heterocycles. The molecular formula is C25H16F3N3O5S. The van der Waals surface area contributed by atoms with Gasteiger partial charge in [-0.25, -0.2) is 12.7 Å². The van der Waals surface area contributed by atoms with E-state index in [9.17, 15) is 36.3 Å². The lowest BCUT2D eigenvalue weighted by Crippen LogP contribution is -2.43. The van der Waals surface area contributed by atoms with Gasteiger partial charge in [-0.15, -0.1) is 0 Å². The van der Waals surface area contributed by atoms with E-state index in [2.05, 4.69) is 5.32 Å². The maximum atomic E-state index is 13.4. The maximum Gasteiger partial charge on any atom is 0.416 e. The molecule has 0 spiro atoms. The van der Waals surface area contributed by atoms with E-state index in [4.69, 9.17) is 5.26 Å². The summed E-state index contributed by atoms with van der Waals surface area (Å²) in [7, 11) is -4.53. The number of anilines is 1. The van der Waals surface area contributed by atoms with E-state index < -0.39 is 51.5 Å². The fourth-order valence-electron chi connectivity index (χ4n) is 3.69. The average Bonchev–Trinajstić information content (AvgIpc) is 2.87. The number of carbonyl (C=O) groups excluding carboxylic acids is 2. The third-order valence-corrected chi connectivity index (χ3v) is 7.24. The van der Waals surface area contributed by atoms with Crippen molar-refractivity contribution in [3.8, 4) is 6.07 Å². The van der Waals surface area contributed by atoms with Crippen molar-refractivity contribution < 1.29 is 36.3 Å². The van der Waals surface area contributed by atoms with Crippen molar-refractivity contribution in [2.75, 3.05) is 11.9 Å². The normalized spacial score (nSPS) is 15.9. The summed E-state index contributed by atoms with van der Waals surface area (Å²) in [6.45, 7) is -0.971. The molecule has 1 aliphatic rings. The highest BCUT2D eigenvalue weighted by atomic mass is 32.2. The van der Waals surface area contributed by atoms with Crippen molar-refractivity contribution in [3.63, 3.8) is 0 Å². The quantitative estimate of drug-likeness (QED) is 0.384. The van der Waals surface area contributed by atoms with Crippen LogP contribution < -0.4 is 5.32 Å². The molecule has 0 aliphatic carbocycles. The molecular weight excluding hydrogens is 511 g/mol. The maximum absolute atomic E-state index is 13.4. The van der Waals surface area contributed by atoms with Crippen LogP contribution in [-0.4, -0.2) is 36.1 Å². The first-order valence-electron chi connectivity index (χ1n) is 10.5. The zero-order valence-electron chi connectivity index (χ0n) is 18.7. The van der Waals surface area contributed by atoms with Crippen molar-refractivity contribution >= 4 is 33.2 Å². The van der Waals surface area contributed by atoms with E-state index in [-0.39, 0.29) is 27.3 Å². The van der Waals surface area contributed by atoms with Crippen molar-refractivity contribution in [1.29, 1.82) is 5.26 Å². The van der Waals surface area contributed by atoms with Crippen LogP contribution in [0.2, 0.25) is 0 Å². The molecule has 0 saturated carbocycles. The van der Waals surface area contributed by atoms with Gasteiger partial charge < -0.3 is 10.4 Å². The zero-order valence-corrected chi connectivity index (χ0v) is 19.5. The largest absolute Gasteiger partial charge is 0.505 e. The Hall–Kier alpha value is -4.63. The lowest BCUT2D eigenvalue weighted by atomic mass is 10.0. The predicted molar refractivity (Wildman–Crippen MR) is 125 cm³/mol. The fourth-order valence-corrected chi connectivity index (χ4v) is 5.32. The number of nitrogens with one attached hydrogen (secondary N) is 1. The Labute approximate surface area is 208 Å². The highest BCUT2D eigenvalue weighted by Gasteiger charge is 2.42. The molecule has 12 heteroatoms. The van der Waals surface area contributed by atoms with Gasteiger partial charge in [-0.1, -0.05) is 24.3 Å². The topological polar surface area (TPSA) is 128 Å². The van der Waals surface area contributed by atoms with Crippen LogP contribution in [0.15, 0.2) is 83.4 Å². The van der Waals surface area contributed by atoms with Crippen LogP contribution in [0.25, 0.3) is 5.76 Å². The van der Waals surface area contributed by atoms with Gasteiger partial charge in [-0.05, 0) is 48.5 Å². The van der Waals surface area contributed by atoms with Crippen molar-refractivity contribution in [2.45, 2.75) is 11.1 Å². The lowest BCUT2D eigenvalue weighted by molar-refractivity contribution is -0.137. The molecule has 1 amide bonds. The SMILES string of the molecule is N#Cc1cccc(C(O)=C2C(=O)c3ccccc3S(=O)(=O)N2CC(=O)Nc2ccc(C(F)(F)F)cc2)c1. The number of hydrogen-bond acceptors (Lipinski definition) is 6. The molecule has 188 valence electrons. The second-order valence-electron chi connectivity index (χ2n) is 7.85. The Kier molecular flexibility index (Phi) is 6.49. The number of allylic oxidation sites excluding steroid dienone is 1. The minimum atomic E-state index is -4.59. The standard InChI is InChI=1S/C25H16F3N3O5S/c26-25(27,28)17-8-10-18(11-9-17)30-21(32)14-31-22(23(33)16-5-3-4-15(12-16)13-29)24(34)19-6-1-2-7-20(19)37(31,35)36/h1-12,33H,14H2,(H,30,32). The summed E-state index contributed by atoms with van der Waals surface area (Å²) in [6, 6.07) is 16.0. The number of rotatable bonds is 4. The number of ketones is 1. The van der Waals surface area contributed by atoms with Gasteiger partial charge in [0, 0.05) is 16.8 Å². The zero-order chi connectivity index (χ0) is 27.0. The molecule has 37 heavy (non-hydrogen) atoms. The molecule has 0 radical (unpaired) electrons. The number of amides is 1. The van der Waals surface area contributed by atoms with Crippen LogP contribution in [0.5, 0.6) is 0 Å². The summed E-state index contributed by atoms with van der Waals surface area (Å²) in [4.78, 5) is 25.7. The Bertz CT molecular complexity index is 1590. The molecule has 1 heterocycles. The van der Waals surface area contributed by atoms with Crippen LogP contribution in [0.4, 0.5) is 18.9 Å². The van der Waals surface area contributed by atoms with E-state index in [0.717, 1.165) is 24.3 Å². The molecule has 0 saturated heterocycles. The van der Waals surface area contributed by atoms with Gasteiger partial charge >= 0.3 is 6.18 Å². The number of aliphatic hydroxyl groups is 1. The summed E-state index contributed by atoms with van der Waals surface area (Å²) < 4.78 is 65.7. The second kappa shape index (κ2) is 9.44. The van der Waals surface area contributed by atoms with E-state index >= 15 is 0 Å². The number of sulfonamides is 1. The third-order valence-electron chi connectivity index (χ3n) is 5.44. The molecule has 4 rings (SSSR count). The summed E-state index contributed by atoms with van der Waals surface area (Å²) in [5.74, 6) is -2.64. The molecule has 1 aliphatic heterocycles. The smallest absolute Gasteiger partial charge is 0.416 e. The molecule has 3 aromatic rings. The molecule has 0 atom stereocenters. The number of carbonyl (C=O) groups is 2. The lowest BCUT2D eigenvalue weighted by Gasteiger charge is -2.31. The van der Waals surface area contributed by atoms with Crippen LogP contribution >= 0.6 is 0 Å². The fraction of sp³-hybridized carbons (Fsp3) is 0.0800. The first-order valence-corrected chi connectivity index (χ1v) is 11.9. The summed E-state index contributed by atoms with van der Waals surface area (Å²) in [5, 5.41) is 22.4. The number of halogens is 3. The molecule has 3 aromatic carbocycles. The summed E-state index contributed by atoms with van der Waals surface area (Å²) >= 11 is 0. The minimum Gasteiger partial charge on any atom is -0.505 e. The predicted octanol–water partition coefficient (Wildman–Crippen LogP) is 4.33. The number of benzene rings is 3. The van der Waals surface area contributed by atoms with E-state index in [0.29, 0.717) is 4.31 Å². The number of nitrogens with zero attached hydrogens (tertiary/aromatic N) is 2. The third kappa shape index (κ3) is 4.89. The van der Waals surface area contributed by atoms with Crippen LogP contribution in [-0.2, 0) is 21.0 Å². The monoisotopic (exact) mass is 527 g/mol. The number of alkyl halides is 3. The van der Waals surface area contributed by atoms with Gasteiger partial charge in [0.1, 0.15) is 12.2 Å². The number of aliphatic hydroxyl groups excluding tert-OH is 1. The van der Waals surface area contributed by atoms with E-state index in [1.165, 1.54) is 48.5 Å². The summed E-state index contributed by atoms with van der Waals surface area (Å²) in [5.41, 5.74) is -1.83. The number of hydrogen-bond donors (Lipinski definition) is 2. The second-order valence-corrected chi connectivity index (χ2v) is 9.68. The Morgan fingerprint density at radius 1 is 1.03 bits per heavy atom. The van der Waals surface area contributed by atoms with Gasteiger partial charge in [-0.3, -0.25) is 9.59 Å². The van der Waals surface area contributed by atoms with Crippen molar-refractivity contribution in [1.82, 2.24) is 4.31 Å². The van der Waals surface area contributed by atoms with Crippen molar-refractivity contribution in [3.05, 3.63) is 101 Å². The Morgan fingerprint density at radius 3 is 2.35 bits per heavy atom. The summed E-state index contributed by atoms with van der Waals surface area (Å²) in [6.07, 6.45) is -4.59. The molecule has 8 nitrogen and oxygen atoms in total. The van der Waals surface area contributed by atoms with Crippen LogP contribution in [0.3, 0.4) is 0 Å². The van der Waals surface area contributed by atoms with Gasteiger partial charge in [0.05, 0.1) is 22.1 Å². The average molecular weight is 527 g/mol. The highest BCUT2D eigenvalue weighted by Crippen LogP contribution is 2.35. The highest BCUT2D eigenvalue weighted by molar-refractivity contribution is 7.89. The first-order chi connectivity index (χ1) is 17.4. The molecule has 2 N–H and O–H groups in total. The molecule has 0 bridgehead atoms. The van der Waals surface area contributed by atoms with Crippen LogP contribution in [0.1, 0.15) is 27.0 Å². The van der Waals surface area contributed by atoms with E-state index in [1.807, 2.05) is 6.07 Å². The molecule has 0 unspecified atom stereocenters. The first kappa shape index (κ1) is 25.5. The number of fused-ring (bicyclic) bond motifs is 1. The van der Waals surface area contributed by atoms with Gasteiger partial charge in [0.2, 0.25) is 11.7 Å². The van der Waals surface area contributed by atoms with Gasteiger partial charge in [0.15, 0.2) is 5.76 Å². The molecule has 0 fully saturated rings. The van der Waals surface area contributed by atoms with E-state index in [1.54, 1.807) is 0 Å².